The standard InChI is InChI=1S/C14H27NO5/c1-5-14(4,6-2)13-10(15-8(3)17)12(19)11(18)9(7-16)20-13/h9-13,16,18-19H,5-7H2,1-4H3,(H,15,17). The number of nitrogens with one attached hydrogen (secondary N) is 1. The molecule has 5 atom stereocenters. The molecule has 118 valence electrons. The summed E-state index contributed by atoms with van der Waals surface area (Å²) in [7, 11) is 0. The van der Waals surface area contributed by atoms with E-state index in [0.717, 1.165) is 12.8 Å². The van der Waals surface area contributed by atoms with Crippen LogP contribution >= 0.6 is 0 Å². The van der Waals surface area contributed by atoms with Crippen LogP contribution in [-0.2, 0) is 9.53 Å². The molecule has 1 aliphatic heterocycles. The second kappa shape index (κ2) is 6.85. The summed E-state index contributed by atoms with van der Waals surface area (Å²) >= 11 is 0. The molecular formula is C14H27NO5. The highest BCUT2D eigenvalue weighted by Gasteiger charge is 2.50. The highest BCUT2D eigenvalue weighted by atomic mass is 16.5. The molecule has 1 heterocycles. The maximum absolute atomic E-state index is 11.4. The van der Waals surface area contributed by atoms with Crippen LogP contribution in [0.25, 0.3) is 0 Å². The highest BCUT2D eigenvalue weighted by molar-refractivity contribution is 5.73. The molecule has 0 radical (unpaired) electrons. The van der Waals surface area contributed by atoms with E-state index < -0.39 is 30.5 Å². The molecular weight excluding hydrogens is 262 g/mol. The van der Waals surface area contributed by atoms with Crippen molar-refractivity contribution in [1.29, 1.82) is 0 Å². The monoisotopic (exact) mass is 289 g/mol. The van der Waals surface area contributed by atoms with Crippen LogP contribution in [0.3, 0.4) is 0 Å². The first kappa shape index (κ1) is 17.4. The molecule has 1 amide bonds. The minimum Gasteiger partial charge on any atom is -0.394 e. The normalized spacial score (nSPS) is 34.9. The fourth-order valence-electron chi connectivity index (χ4n) is 2.76. The van der Waals surface area contributed by atoms with Gasteiger partial charge in [0.15, 0.2) is 0 Å². The summed E-state index contributed by atoms with van der Waals surface area (Å²) < 4.78 is 5.80. The van der Waals surface area contributed by atoms with E-state index >= 15 is 0 Å². The van der Waals surface area contributed by atoms with Gasteiger partial charge in [-0.15, -0.1) is 0 Å². The molecule has 4 N–H and O–H groups in total. The number of aliphatic hydroxyl groups is 3. The summed E-state index contributed by atoms with van der Waals surface area (Å²) in [6.07, 6.45) is -2.08. The lowest BCUT2D eigenvalue weighted by atomic mass is 9.72. The van der Waals surface area contributed by atoms with E-state index in [1.54, 1.807) is 0 Å². The lowest BCUT2D eigenvalue weighted by molar-refractivity contribution is -0.222. The highest BCUT2D eigenvalue weighted by Crippen LogP contribution is 2.38. The summed E-state index contributed by atoms with van der Waals surface area (Å²) in [5.41, 5.74) is -0.262. The number of ether oxygens (including phenoxy) is 1. The molecule has 1 aliphatic rings. The molecule has 0 saturated carbocycles. The van der Waals surface area contributed by atoms with Crippen LogP contribution in [0.2, 0.25) is 0 Å². The van der Waals surface area contributed by atoms with Crippen molar-refractivity contribution in [2.24, 2.45) is 5.41 Å². The molecule has 1 saturated heterocycles. The quantitative estimate of drug-likeness (QED) is 0.562. The maximum Gasteiger partial charge on any atom is 0.217 e. The van der Waals surface area contributed by atoms with E-state index in [9.17, 15) is 20.1 Å². The van der Waals surface area contributed by atoms with Crippen LogP contribution in [0.5, 0.6) is 0 Å². The van der Waals surface area contributed by atoms with Gasteiger partial charge in [0.2, 0.25) is 5.91 Å². The van der Waals surface area contributed by atoms with Crippen LogP contribution < -0.4 is 5.32 Å². The van der Waals surface area contributed by atoms with Gasteiger partial charge in [-0.05, 0) is 18.3 Å². The van der Waals surface area contributed by atoms with Crippen molar-refractivity contribution in [3.05, 3.63) is 0 Å². The molecule has 1 fully saturated rings. The van der Waals surface area contributed by atoms with Gasteiger partial charge in [0.05, 0.1) is 18.8 Å². The van der Waals surface area contributed by atoms with Gasteiger partial charge >= 0.3 is 0 Å². The zero-order chi connectivity index (χ0) is 15.5. The Hall–Kier alpha value is -0.690. The van der Waals surface area contributed by atoms with E-state index in [4.69, 9.17) is 4.74 Å². The Labute approximate surface area is 120 Å². The number of hydrogen-bond donors (Lipinski definition) is 4. The van der Waals surface area contributed by atoms with Gasteiger partial charge in [0.25, 0.3) is 0 Å². The second-order valence-electron chi connectivity index (χ2n) is 5.85. The van der Waals surface area contributed by atoms with Gasteiger partial charge in [-0.2, -0.15) is 0 Å². The first-order valence-corrected chi connectivity index (χ1v) is 7.20. The van der Waals surface area contributed by atoms with Crippen LogP contribution in [0.15, 0.2) is 0 Å². The number of amides is 1. The average Bonchev–Trinajstić information content (AvgIpc) is 2.43. The van der Waals surface area contributed by atoms with Crippen LogP contribution in [0.1, 0.15) is 40.5 Å². The number of aliphatic hydroxyl groups excluding tert-OH is 3. The predicted molar refractivity (Wildman–Crippen MR) is 74.1 cm³/mol. The first-order valence-electron chi connectivity index (χ1n) is 7.20. The van der Waals surface area contributed by atoms with Gasteiger partial charge in [0, 0.05) is 6.92 Å². The van der Waals surface area contributed by atoms with Gasteiger partial charge in [0.1, 0.15) is 18.3 Å². The Balaban J connectivity index is 3.09. The molecule has 0 aromatic rings. The largest absolute Gasteiger partial charge is 0.394 e. The number of carbonyl (C=O) groups excluding carboxylic acids is 1. The molecule has 0 aliphatic carbocycles. The van der Waals surface area contributed by atoms with E-state index in [1.807, 2.05) is 20.8 Å². The van der Waals surface area contributed by atoms with Crippen LogP contribution in [-0.4, -0.2) is 58.3 Å². The molecule has 6 nitrogen and oxygen atoms in total. The molecule has 0 aromatic heterocycles. The van der Waals surface area contributed by atoms with E-state index in [1.165, 1.54) is 6.92 Å². The van der Waals surface area contributed by atoms with Crippen LogP contribution in [0.4, 0.5) is 0 Å². The zero-order valence-electron chi connectivity index (χ0n) is 12.7. The molecule has 0 bridgehead atoms. The Morgan fingerprint density at radius 2 is 1.80 bits per heavy atom. The summed E-state index contributed by atoms with van der Waals surface area (Å²) in [5.74, 6) is -0.285. The molecule has 0 aromatic carbocycles. The first-order chi connectivity index (χ1) is 9.30. The topological polar surface area (TPSA) is 99.0 Å². The lowest BCUT2D eigenvalue weighted by Gasteiger charge is -2.49. The van der Waals surface area contributed by atoms with E-state index in [0.29, 0.717) is 0 Å². The van der Waals surface area contributed by atoms with Gasteiger partial charge < -0.3 is 25.4 Å². The van der Waals surface area contributed by atoms with Crippen LogP contribution in [0, 0.1) is 5.41 Å². The minimum atomic E-state index is -1.22. The van der Waals surface area contributed by atoms with E-state index in [-0.39, 0.29) is 17.9 Å². The number of rotatable bonds is 5. The van der Waals surface area contributed by atoms with Crippen molar-refractivity contribution < 1.29 is 24.9 Å². The SMILES string of the molecule is CCC(C)(CC)C1OC(CO)C(O)C(O)C1NC(C)=O. The maximum atomic E-state index is 11.4. The Kier molecular flexibility index (Phi) is 5.94. The third-order valence-corrected chi connectivity index (χ3v) is 4.60. The van der Waals surface area contributed by atoms with Crippen molar-refractivity contribution in [3.8, 4) is 0 Å². The summed E-state index contributed by atoms with van der Waals surface area (Å²) in [6, 6.07) is -0.685. The lowest BCUT2D eigenvalue weighted by Crippen LogP contribution is -2.67. The van der Waals surface area contributed by atoms with E-state index in [2.05, 4.69) is 5.32 Å². The fraction of sp³-hybridized carbons (Fsp3) is 0.929. The molecule has 1 rings (SSSR count). The second-order valence-corrected chi connectivity index (χ2v) is 5.85. The fourth-order valence-corrected chi connectivity index (χ4v) is 2.76. The predicted octanol–water partition coefficient (Wildman–Crippen LogP) is -0.201. The van der Waals surface area contributed by atoms with Gasteiger partial charge in [-0.3, -0.25) is 4.79 Å². The van der Waals surface area contributed by atoms with Crippen molar-refractivity contribution in [3.63, 3.8) is 0 Å². The van der Waals surface area contributed by atoms with Crippen molar-refractivity contribution >= 4 is 5.91 Å². The minimum absolute atomic E-state index is 0.262. The van der Waals surface area contributed by atoms with Gasteiger partial charge in [-0.1, -0.05) is 20.8 Å². The average molecular weight is 289 g/mol. The molecule has 6 heteroatoms. The Morgan fingerprint density at radius 1 is 1.25 bits per heavy atom. The van der Waals surface area contributed by atoms with Crippen molar-refractivity contribution in [2.75, 3.05) is 6.61 Å². The number of carbonyl (C=O) groups is 1. The summed E-state index contributed by atoms with van der Waals surface area (Å²) in [4.78, 5) is 11.4. The molecule has 20 heavy (non-hydrogen) atoms. The molecule has 5 unspecified atom stereocenters. The van der Waals surface area contributed by atoms with Crippen molar-refractivity contribution in [1.82, 2.24) is 5.32 Å². The number of hydrogen-bond acceptors (Lipinski definition) is 5. The zero-order valence-corrected chi connectivity index (χ0v) is 12.7. The van der Waals surface area contributed by atoms with Crippen molar-refractivity contribution in [2.45, 2.75) is 71.0 Å². The Bertz CT molecular complexity index is 332. The third-order valence-electron chi connectivity index (χ3n) is 4.60. The third kappa shape index (κ3) is 3.31. The molecule has 0 spiro atoms. The summed E-state index contributed by atoms with van der Waals surface area (Å²) in [5, 5.41) is 32.2. The summed E-state index contributed by atoms with van der Waals surface area (Å²) in [6.45, 7) is 7.05. The Morgan fingerprint density at radius 3 is 2.20 bits per heavy atom. The smallest absolute Gasteiger partial charge is 0.217 e. The van der Waals surface area contributed by atoms with Gasteiger partial charge in [-0.25, -0.2) is 0 Å².